The number of imide groups is 1. The van der Waals surface area contributed by atoms with Gasteiger partial charge in [0.2, 0.25) is 0 Å². The highest BCUT2D eigenvalue weighted by Crippen LogP contribution is 2.26. The Kier molecular flexibility index (Phi) is 7.64. The molecule has 2 aliphatic heterocycles. The van der Waals surface area contributed by atoms with E-state index in [1.165, 1.54) is 23.1 Å². The average molecular weight is 555 g/mol. The van der Waals surface area contributed by atoms with Crippen LogP contribution >= 0.6 is 24.0 Å². The van der Waals surface area contributed by atoms with Gasteiger partial charge in [0, 0.05) is 39.3 Å². The van der Waals surface area contributed by atoms with E-state index in [0.29, 0.717) is 43.1 Å². The maximum atomic E-state index is 14.0. The Bertz CT molecular complexity index is 993. The van der Waals surface area contributed by atoms with E-state index >= 15 is 0 Å². The third-order valence-corrected chi connectivity index (χ3v) is 5.51. The predicted molar refractivity (Wildman–Crippen MR) is 129 cm³/mol. The van der Waals surface area contributed by atoms with Crippen LogP contribution in [0.2, 0.25) is 0 Å². The average Bonchev–Trinajstić information content (AvgIpc) is 3.31. The van der Waals surface area contributed by atoms with Crippen molar-refractivity contribution in [3.8, 4) is 0 Å². The van der Waals surface area contributed by atoms with Crippen LogP contribution in [0.15, 0.2) is 47.5 Å². The molecule has 0 aliphatic carbocycles. The van der Waals surface area contributed by atoms with E-state index < -0.39 is 11.6 Å². The SMILES string of the molecule is CN=C(NCCN1C(=O)c2ccccc2C1=O)NC1CCN(c2c(F)cccc2F)C1.I. The summed E-state index contributed by atoms with van der Waals surface area (Å²) in [7, 11) is 1.61. The second-order valence-corrected chi connectivity index (χ2v) is 7.45. The molecule has 0 radical (unpaired) electrons. The van der Waals surface area contributed by atoms with Crippen molar-refractivity contribution in [3.63, 3.8) is 0 Å². The van der Waals surface area contributed by atoms with Crippen LogP contribution in [0.25, 0.3) is 0 Å². The number of nitrogens with one attached hydrogen (secondary N) is 2. The quantitative estimate of drug-likeness (QED) is 0.257. The predicted octanol–water partition coefficient (Wildman–Crippen LogP) is 2.62. The smallest absolute Gasteiger partial charge is 0.261 e. The highest BCUT2D eigenvalue weighted by atomic mass is 127. The maximum Gasteiger partial charge on any atom is 0.261 e. The first-order chi connectivity index (χ1) is 15.0. The number of rotatable bonds is 5. The van der Waals surface area contributed by atoms with Crippen molar-refractivity contribution in [2.75, 3.05) is 38.1 Å². The number of guanidine groups is 1. The highest BCUT2D eigenvalue weighted by Gasteiger charge is 2.34. The van der Waals surface area contributed by atoms with Gasteiger partial charge in [-0.3, -0.25) is 19.5 Å². The van der Waals surface area contributed by atoms with Gasteiger partial charge in [0.15, 0.2) is 5.96 Å². The summed E-state index contributed by atoms with van der Waals surface area (Å²) in [4.78, 5) is 31.9. The molecule has 2 heterocycles. The first kappa shape index (κ1) is 23.9. The molecule has 0 saturated carbocycles. The number of carbonyl (C=O) groups excluding carboxylic acids is 2. The number of anilines is 1. The fourth-order valence-electron chi connectivity index (χ4n) is 3.99. The summed E-state index contributed by atoms with van der Waals surface area (Å²) >= 11 is 0. The van der Waals surface area contributed by atoms with Crippen LogP contribution < -0.4 is 15.5 Å². The van der Waals surface area contributed by atoms with Gasteiger partial charge in [0.05, 0.1) is 11.1 Å². The van der Waals surface area contributed by atoms with Crippen LogP contribution in [-0.2, 0) is 0 Å². The zero-order chi connectivity index (χ0) is 22.0. The summed E-state index contributed by atoms with van der Waals surface area (Å²) in [5.74, 6) is -1.27. The van der Waals surface area contributed by atoms with Gasteiger partial charge >= 0.3 is 0 Å². The molecule has 2 aromatic rings. The van der Waals surface area contributed by atoms with E-state index in [-0.39, 0.29) is 54.1 Å². The highest BCUT2D eigenvalue weighted by molar-refractivity contribution is 14.0. The van der Waals surface area contributed by atoms with Gasteiger partial charge in [-0.25, -0.2) is 8.78 Å². The van der Waals surface area contributed by atoms with Crippen LogP contribution in [0.3, 0.4) is 0 Å². The van der Waals surface area contributed by atoms with E-state index in [1.807, 2.05) is 0 Å². The van der Waals surface area contributed by atoms with Crippen molar-refractivity contribution in [2.24, 2.45) is 4.99 Å². The second-order valence-electron chi connectivity index (χ2n) is 7.45. The molecule has 2 aliphatic rings. The molecular formula is C22H24F2IN5O2. The molecule has 32 heavy (non-hydrogen) atoms. The molecule has 4 rings (SSSR count). The Morgan fingerprint density at radius 3 is 2.28 bits per heavy atom. The number of carbonyl (C=O) groups is 2. The standard InChI is InChI=1S/C22H23F2N5O2.HI/c1-25-22(26-10-12-29-20(30)15-5-2-3-6-16(15)21(29)31)27-14-9-11-28(13-14)19-17(23)7-4-8-18(19)24;/h2-8,14H,9-13H2,1H3,(H2,25,26,27);1H. The molecular weight excluding hydrogens is 531 g/mol. The Balaban J connectivity index is 0.00000289. The van der Waals surface area contributed by atoms with E-state index in [4.69, 9.17) is 0 Å². The Morgan fingerprint density at radius 2 is 1.69 bits per heavy atom. The summed E-state index contributed by atoms with van der Waals surface area (Å²) in [6.07, 6.45) is 0.687. The van der Waals surface area contributed by atoms with Crippen molar-refractivity contribution < 1.29 is 18.4 Å². The van der Waals surface area contributed by atoms with Gasteiger partial charge in [-0.1, -0.05) is 18.2 Å². The number of aliphatic imine (C=N–C) groups is 1. The minimum absolute atomic E-state index is 0. The van der Waals surface area contributed by atoms with E-state index in [1.54, 1.807) is 36.2 Å². The molecule has 1 saturated heterocycles. The molecule has 0 bridgehead atoms. The molecule has 0 spiro atoms. The lowest BCUT2D eigenvalue weighted by molar-refractivity contribution is 0.0657. The van der Waals surface area contributed by atoms with Crippen molar-refractivity contribution >= 4 is 47.4 Å². The molecule has 1 unspecified atom stereocenters. The fourth-order valence-corrected chi connectivity index (χ4v) is 3.99. The molecule has 2 amide bonds. The number of para-hydroxylation sites is 1. The number of hydrogen-bond donors (Lipinski definition) is 2. The first-order valence-electron chi connectivity index (χ1n) is 10.1. The summed E-state index contributed by atoms with van der Waals surface area (Å²) in [5, 5.41) is 6.33. The van der Waals surface area contributed by atoms with E-state index in [2.05, 4.69) is 15.6 Å². The lowest BCUT2D eigenvalue weighted by Gasteiger charge is -2.21. The van der Waals surface area contributed by atoms with Crippen LogP contribution in [-0.4, -0.2) is 61.9 Å². The summed E-state index contributed by atoms with van der Waals surface area (Å²) in [6, 6.07) is 10.6. The number of benzene rings is 2. The number of fused-ring (bicyclic) bond motifs is 1. The van der Waals surface area contributed by atoms with Crippen LogP contribution in [0.5, 0.6) is 0 Å². The minimum atomic E-state index is -0.580. The Morgan fingerprint density at radius 1 is 1.06 bits per heavy atom. The Labute approximate surface area is 201 Å². The van der Waals surface area contributed by atoms with Crippen molar-refractivity contribution in [1.82, 2.24) is 15.5 Å². The van der Waals surface area contributed by atoms with Gasteiger partial charge in [-0.05, 0) is 30.7 Å². The number of amides is 2. The summed E-state index contributed by atoms with van der Waals surface area (Å²) in [6.45, 7) is 1.46. The monoisotopic (exact) mass is 555 g/mol. The molecule has 7 nitrogen and oxygen atoms in total. The van der Waals surface area contributed by atoms with Crippen molar-refractivity contribution in [1.29, 1.82) is 0 Å². The fraction of sp³-hybridized carbons (Fsp3) is 0.318. The molecule has 0 aromatic heterocycles. The van der Waals surface area contributed by atoms with E-state index in [9.17, 15) is 18.4 Å². The normalized spacial score (nSPS) is 18.0. The molecule has 10 heteroatoms. The third kappa shape index (κ3) is 4.69. The first-order valence-corrected chi connectivity index (χ1v) is 10.1. The van der Waals surface area contributed by atoms with Crippen molar-refractivity contribution in [2.45, 2.75) is 12.5 Å². The second kappa shape index (κ2) is 10.2. The largest absolute Gasteiger partial charge is 0.365 e. The number of nitrogens with zero attached hydrogens (tertiary/aromatic N) is 3. The molecule has 1 fully saturated rings. The van der Waals surface area contributed by atoms with E-state index in [0.717, 1.165) is 0 Å². The van der Waals surface area contributed by atoms with Crippen LogP contribution in [0.1, 0.15) is 27.1 Å². The lowest BCUT2D eigenvalue weighted by atomic mass is 10.1. The maximum absolute atomic E-state index is 14.0. The van der Waals surface area contributed by atoms with Gasteiger partial charge < -0.3 is 15.5 Å². The molecule has 2 aromatic carbocycles. The number of hydrogen-bond acceptors (Lipinski definition) is 4. The molecule has 170 valence electrons. The molecule has 1 atom stereocenters. The van der Waals surface area contributed by atoms with Crippen molar-refractivity contribution in [3.05, 3.63) is 65.2 Å². The summed E-state index contributed by atoms with van der Waals surface area (Å²) < 4.78 is 28.1. The van der Waals surface area contributed by atoms with Gasteiger partial charge in [0.1, 0.15) is 17.3 Å². The number of halogens is 3. The zero-order valence-electron chi connectivity index (χ0n) is 17.5. The van der Waals surface area contributed by atoms with Crippen LogP contribution in [0.4, 0.5) is 14.5 Å². The van der Waals surface area contributed by atoms with Crippen LogP contribution in [0, 0.1) is 11.6 Å². The topological polar surface area (TPSA) is 77.0 Å². The van der Waals surface area contributed by atoms with Gasteiger partial charge in [-0.15, -0.1) is 24.0 Å². The summed E-state index contributed by atoms with van der Waals surface area (Å²) in [5.41, 5.74) is 0.822. The third-order valence-electron chi connectivity index (χ3n) is 5.51. The molecule has 2 N–H and O–H groups in total. The van der Waals surface area contributed by atoms with Gasteiger partial charge in [0.25, 0.3) is 11.8 Å². The zero-order valence-corrected chi connectivity index (χ0v) is 19.8. The van der Waals surface area contributed by atoms with Gasteiger partial charge in [-0.2, -0.15) is 0 Å². The lowest BCUT2D eigenvalue weighted by Crippen LogP contribution is -2.47. The Hall–Kier alpha value is -2.76. The minimum Gasteiger partial charge on any atom is -0.365 e.